The van der Waals surface area contributed by atoms with Crippen molar-refractivity contribution < 1.29 is 14.3 Å². The van der Waals surface area contributed by atoms with Crippen LogP contribution in [-0.4, -0.2) is 37.7 Å². The first-order valence-corrected chi connectivity index (χ1v) is 8.41. The first-order valence-electron chi connectivity index (χ1n) is 8.41. The van der Waals surface area contributed by atoms with E-state index in [-0.39, 0.29) is 12.5 Å². The second-order valence-corrected chi connectivity index (χ2v) is 6.09. The highest BCUT2D eigenvalue weighted by atomic mass is 16.6. The van der Waals surface area contributed by atoms with Gasteiger partial charge in [0.25, 0.3) is 5.91 Å². The summed E-state index contributed by atoms with van der Waals surface area (Å²) >= 11 is 0. The van der Waals surface area contributed by atoms with E-state index in [4.69, 9.17) is 4.74 Å². The largest absolute Gasteiger partial charge is 0.449 e. The van der Waals surface area contributed by atoms with Crippen LogP contribution in [0.3, 0.4) is 0 Å². The van der Waals surface area contributed by atoms with Crippen molar-refractivity contribution >= 4 is 23.4 Å². The van der Waals surface area contributed by atoms with Crippen molar-refractivity contribution in [1.82, 2.24) is 10.4 Å². The van der Waals surface area contributed by atoms with Crippen molar-refractivity contribution in [2.24, 2.45) is 0 Å². The molecule has 0 radical (unpaired) electrons. The maximum Gasteiger partial charge on any atom is 0.426 e. The molecule has 0 saturated carbocycles. The lowest BCUT2D eigenvalue weighted by atomic mass is 10.0. The Morgan fingerprint density at radius 3 is 2.54 bits per heavy atom. The highest BCUT2D eigenvalue weighted by Crippen LogP contribution is 2.32. The number of nitrogens with zero attached hydrogens (tertiary/aromatic N) is 2. The van der Waals surface area contributed by atoms with Gasteiger partial charge in [-0.2, -0.15) is 0 Å². The number of hydrazine groups is 1. The molecule has 0 fully saturated rings. The topological polar surface area (TPSA) is 73.9 Å². The molecule has 26 heavy (non-hydrogen) atoms. The summed E-state index contributed by atoms with van der Waals surface area (Å²) in [6, 6.07) is 15.0. The summed E-state index contributed by atoms with van der Waals surface area (Å²) in [6.45, 7) is 1.93. The number of ether oxygens (including phenoxy) is 1. The van der Waals surface area contributed by atoms with Crippen LogP contribution in [0.5, 0.6) is 0 Å². The number of fused-ring (bicyclic) bond motifs is 1. The number of carbonyl (C=O) groups excluding carboxylic acids is 2. The molecule has 7 heteroatoms. The van der Waals surface area contributed by atoms with Crippen LogP contribution >= 0.6 is 0 Å². The normalized spacial score (nSPS) is 15.7. The SMILES string of the molecule is CCOC(=O)NN1C(=O)c2ccccc2N[C@@H]1c1ccc(N(C)C)cc1. The smallest absolute Gasteiger partial charge is 0.426 e. The van der Waals surface area contributed by atoms with Crippen molar-refractivity contribution in [2.75, 3.05) is 30.9 Å². The van der Waals surface area contributed by atoms with Crippen LogP contribution in [-0.2, 0) is 4.74 Å². The second kappa shape index (κ2) is 7.35. The summed E-state index contributed by atoms with van der Waals surface area (Å²) in [5.41, 5.74) is 5.65. The highest BCUT2D eigenvalue weighted by Gasteiger charge is 2.34. The quantitative estimate of drug-likeness (QED) is 0.883. The average molecular weight is 354 g/mol. The molecule has 2 amide bonds. The van der Waals surface area contributed by atoms with Crippen molar-refractivity contribution in [2.45, 2.75) is 13.1 Å². The molecule has 0 saturated heterocycles. The Hall–Kier alpha value is -3.22. The standard InChI is InChI=1S/C19H22N4O3/c1-4-26-19(25)21-23-17(13-9-11-14(12-10-13)22(2)3)20-16-8-6-5-7-15(16)18(23)24/h5-12,17,20H,4H2,1-3H3,(H,21,25)/t17-/m0/s1. The molecule has 1 heterocycles. The predicted octanol–water partition coefficient (Wildman–Crippen LogP) is 2.98. The van der Waals surface area contributed by atoms with Gasteiger partial charge >= 0.3 is 6.09 Å². The highest BCUT2D eigenvalue weighted by molar-refractivity contribution is 6.02. The van der Waals surface area contributed by atoms with Gasteiger partial charge in [-0.3, -0.25) is 4.79 Å². The maximum atomic E-state index is 12.9. The van der Waals surface area contributed by atoms with Gasteiger partial charge in [0.2, 0.25) is 0 Å². The van der Waals surface area contributed by atoms with Gasteiger partial charge < -0.3 is 15.0 Å². The van der Waals surface area contributed by atoms with E-state index in [9.17, 15) is 9.59 Å². The zero-order valence-electron chi connectivity index (χ0n) is 15.0. The van der Waals surface area contributed by atoms with E-state index >= 15 is 0 Å². The molecule has 1 aliphatic rings. The zero-order valence-corrected chi connectivity index (χ0v) is 15.0. The van der Waals surface area contributed by atoms with Gasteiger partial charge in [0.15, 0.2) is 0 Å². The number of benzene rings is 2. The Morgan fingerprint density at radius 2 is 1.88 bits per heavy atom. The number of amides is 2. The number of hydrogen-bond acceptors (Lipinski definition) is 5. The van der Waals surface area contributed by atoms with Crippen LogP contribution in [0.2, 0.25) is 0 Å². The van der Waals surface area contributed by atoms with E-state index in [0.29, 0.717) is 5.56 Å². The van der Waals surface area contributed by atoms with E-state index in [1.165, 1.54) is 5.01 Å². The fourth-order valence-corrected chi connectivity index (χ4v) is 2.82. The summed E-state index contributed by atoms with van der Waals surface area (Å²) in [6.07, 6.45) is -1.21. The summed E-state index contributed by atoms with van der Waals surface area (Å²) < 4.78 is 4.94. The molecular formula is C19H22N4O3. The van der Waals surface area contributed by atoms with Crippen LogP contribution in [0.1, 0.15) is 29.0 Å². The summed E-state index contributed by atoms with van der Waals surface area (Å²) in [5, 5.41) is 4.58. The minimum absolute atomic E-state index is 0.222. The Kier molecular flexibility index (Phi) is 4.97. The molecule has 2 aromatic rings. The molecule has 7 nitrogen and oxygen atoms in total. The monoisotopic (exact) mass is 354 g/mol. The molecule has 0 spiro atoms. The molecular weight excluding hydrogens is 332 g/mol. The first-order chi connectivity index (χ1) is 12.5. The fourth-order valence-electron chi connectivity index (χ4n) is 2.82. The number of para-hydroxylation sites is 1. The van der Waals surface area contributed by atoms with Crippen LogP contribution < -0.4 is 15.6 Å². The summed E-state index contributed by atoms with van der Waals surface area (Å²) in [4.78, 5) is 26.8. The molecule has 0 unspecified atom stereocenters. The van der Waals surface area contributed by atoms with Gasteiger partial charge in [0.1, 0.15) is 6.17 Å². The second-order valence-electron chi connectivity index (χ2n) is 6.09. The third-order valence-electron chi connectivity index (χ3n) is 4.14. The van der Waals surface area contributed by atoms with Crippen LogP contribution in [0.15, 0.2) is 48.5 Å². The van der Waals surface area contributed by atoms with Crippen molar-refractivity contribution in [3.63, 3.8) is 0 Å². The van der Waals surface area contributed by atoms with E-state index in [1.807, 2.05) is 55.4 Å². The Bertz CT molecular complexity index is 805. The van der Waals surface area contributed by atoms with Gasteiger partial charge in [0, 0.05) is 25.5 Å². The lowest BCUT2D eigenvalue weighted by Crippen LogP contribution is -2.53. The Balaban J connectivity index is 1.96. The molecule has 1 aliphatic heterocycles. The van der Waals surface area contributed by atoms with Crippen LogP contribution in [0, 0.1) is 0 Å². The number of nitrogens with one attached hydrogen (secondary N) is 2. The zero-order chi connectivity index (χ0) is 18.7. The summed E-state index contributed by atoms with van der Waals surface area (Å²) in [5.74, 6) is -0.297. The van der Waals surface area contributed by atoms with Gasteiger partial charge in [-0.1, -0.05) is 24.3 Å². The third-order valence-corrected chi connectivity index (χ3v) is 4.14. The van der Waals surface area contributed by atoms with Crippen molar-refractivity contribution in [1.29, 1.82) is 0 Å². The minimum Gasteiger partial charge on any atom is -0.449 e. The molecule has 0 aromatic heterocycles. The predicted molar refractivity (Wildman–Crippen MR) is 99.9 cm³/mol. The Labute approximate surface area is 152 Å². The molecule has 2 N–H and O–H groups in total. The number of hydrogen-bond donors (Lipinski definition) is 2. The lowest BCUT2D eigenvalue weighted by molar-refractivity contribution is 0.0506. The van der Waals surface area contributed by atoms with Gasteiger partial charge in [-0.15, -0.1) is 0 Å². The van der Waals surface area contributed by atoms with Crippen LogP contribution in [0.4, 0.5) is 16.2 Å². The number of carbonyl (C=O) groups is 2. The number of rotatable bonds is 4. The van der Waals surface area contributed by atoms with Crippen molar-refractivity contribution in [3.05, 3.63) is 59.7 Å². The molecule has 0 bridgehead atoms. The maximum absolute atomic E-state index is 12.9. The van der Waals surface area contributed by atoms with Crippen LogP contribution in [0.25, 0.3) is 0 Å². The first kappa shape index (κ1) is 17.6. The number of anilines is 2. The molecule has 0 aliphatic carbocycles. The van der Waals surface area contributed by atoms with E-state index in [1.54, 1.807) is 19.1 Å². The lowest BCUT2D eigenvalue weighted by Gasteiger charge is -2.37. The fraction of sp³-hybridized carbons (Fsp3) is 0.263. The minimum atomic E-state index is -0.669. The average Bonchev–Trinajstić information content (AvgIpc) is 2.64. The van der Waals surface area contributed by atoms with E-state index in [2.05, 4.69) is 10.7 Å². The van der Waals surface area contributed by atoms with Crippen molar-refractivity contribution in [3.8, 4) is 0 Å². The molecule has 1 atom stereocenters. The van der Waals surface area contributed by atoms with E-state index < -0.39 is 12.3 Å². The van der Waals surface area contributed by atoms with Gasteiger partial charge in [-0.25, -0.2) is 15.2 Å². The third kappa shape index (κ3) is 3.42. The summed E-state index contributed by atoms with van der Waals surface area (Å²) in [7, 11) is 3.92. The molecule has 3 rings (SSSR count). The molecule has 2 aromatic carbocycles. The van der Waals surface area contributed by atoms with Gasteiger partial charge in [-0.05, 0) is 36.8 Å². The Morgan fingerprint density at radius 1 is 1.19 bits per heavy atom. The van der Waals surface area contributed by atoms with E-state index in [0.717, 1.165) is 16.9 Å². The van der Waals surface area contributed by atoms with Gasteiger partial charge in [0.05, 0.1) is 12.2 Å². The molecule has 136 valence electrons.